The molecule has 0 unspecified atom stereocenters. The molecule has 0 fully saturated rings. The van der Waals surface area contributed by atoms with Crippen molar-refractivity contribution in [2.75, 3.05) is 0 Å². The Morgan fingerprint density at radius 2 is 1.55 bits per heavy atom. The Bertz CT molecular complexity index is 1180. The molecule has 0 saturated carbocycles. The number of pyridine rings is 1. The molecule has 3 aromatic carbocycles. The predicted molar refractivity (Wildman–Crippen MR) is 113 cm³/mol. The zero-order valence-electron chi connectivity index (χ0n) is 16.0. The van der Waals surface area contributed by atoms with Gasteiger partial charge in [-0.05, 0) is 24.6 Å². The summed E-state index contributed by atoms with van der Waals surface area (Å²) < 4.78 is 5.72. The first kappa shape index (κ1) is 18.6. The molecule has 29 heavy (non-hydrogen) atoms. The number of ketones is 1. The Hall–Kier alpha value is -3.79. The van der Waals surface area contributed by atoms with Gasteiger partial charge in [-0.1, -0.05) is 66.7 Å². The minimum atomic E-state index is -0.328. The molecular weight excluding hydrogens is 362 g/mol. The van der Waals surface area contributed by atoms with Gasteiger partial charge in [0, 0.05) is 22.6 Å². The van der Waals surface area contributed by atoms with Crippen LogP contribution in [0, 0.1) is 0 Å². The fourth-order valence-electron chi connectivity index (χ4n) is 3.17. The van der Waals surface area contributed by atoms with Gasteiger partial charge in [-0.25, -0.2) is 4.98 Å². The van der Waals surface area contributed by atoms with Crippen LogP contribution in [-0.4, -0.2) is 16.7 Å². The van der Waals surface area contributed by atoms with Crippen molar-refractivity contribution in [2.45, 2.75) is 13.3 Å². The molecular formula is C25H19NO3. The van der Waals surface area contributed by atoms with Crippen LogP contribution in [0.2, 0.25) is 0 Å². The van der Waals surface area contributed by atoms with Gasteiger partial charge in [0.05, 0.1) is 17.6 Å². The topological polar surface area (TPSA) is 56.3 Å². The predicted octanol–water partition coefficient (Wildman–Crippen LogP) is 5.25. The van der Waals surface area contributed by atoms with Crippen molar-refractivity contribution < 1.29 is 14.3 Å². The third-order valence-corrected chi connectivity index (χ3v) is 4.68. The van der Waals surface area contributed by atoms with Crippen molar-refractivity contribution >= 4 is 22.7 Å². The highest BCUT2D eigenvalue weighted by Gasteiger charge is 2.13. The maximum Gasteiger partial charge on any atom is 0.315 e. The molecule has 0 aliphatic rings. The van der Waals surface area contributed by atoms with Crippen LogP contribution in [0.4, 0.5) is 0 Å². The van der Waals surface area contributed by atoms with Crippen molar-refractivity contribution in [3.63, 3.8) is 0 Å². The second-order valence-electron chi connectivity index (χ2n) is 6.79. The number of ether oxygens (including phenoxy) is 1. The number of carbonyl (C=O) groups is 2. The summed E-state index contributed by atoms with van der Waals surface area (Å²) in [6.45, 7) is 1.54. The smallest absolute Gasteiger partial charge is 0.315 e. The van der Waals surface area contributed by atoms with Crippen LogP contribution < -0.4 is 4.74 Å². The van der Waals surface area contributed by atoms with E-state index in [2.05, 4.69) is 0 Å². The van der Waals surface area contributed by atoms with Crippen LogP contribution in [0.15, 0.2) is 84.9 Å². The highest BCUT2D eigenvalue weighted by molar-refractivity contribution is 5.95. The molecule has 1 aromatic heterocycles. The van der Waals surface area contributed by atoms with Gasteiger partial charge in [-0.15, -0.1) is 0 Å². The van der Waals surface area contributed by atoms with Crippen molar-refractivity contribution in [2.24, 2.45) is 0 Å². The molecule has 0 saturated heterocycles. The Balaban J connectivity index is 1.69. The normalized spacial score (nSPS) is 10.7. The summed E-state index contributed by atoms with van der Waals surface area (Å²) in [5.41, 5.74) is 3.81. The number of rotatable bonds is 5. The summed E-state index contributed by atoms with van der Waals surface area (Å²) in [6, 6.07) is 26.1. The summed E-state index contributed by atoms with van der Waals surface area (Å²) in [7, 11) is 0. The molecule has 0 aliphatic carbocycles. The van der Waals surface area contributed by atoms with Crippen LogP contribution in [-0.2, 0) is 11.2 Å². The number of aromatic nitrogens is 1. The van der Waals surface area contributed by atoms with Crippen molar-refractivity contribution in [3.05, 3.63) is 96.1 Å². The minimum Gasteiger partial charge on any atom is -0.425 e. The lowest BCUT2D eigenvalue weighted by atomic mass is 10.1. The summed E-state index contributed by atoms with van der Waals surface area (Å²) in [5.74, 6) is 0.158. The largest absolute Gasteiger partial charge is 0.425 e. The molecule has 0 radical (unpaired) electrons. The maximum atomic E-state index is 12.5. The third-order valence-electron chi connectivity index (χ3n) is 4.68. The van der Waals surface area contributed by atoms with E-state index in [0.717, 1.165) is 22.0 Å². The lowest BCUT2D eigenvalue weighted by molar-refractivity contribution is -0.133. The number of carbonyl (C=O) groups excluding carboxylic acids is 2. The Morgan fingerprint density at radius 3 is 2.28 bits per heavy atom. The average molecular weight is 381 g/mol. The zero-order chi connectivity index (χ0) is 20.2. The SMILES string of the molecule is CC(=O)c1ccc(-c2cc(OC(=O)Cc3ccccc3)c3ccccc3n2)cc1. The third kappa shape index (κ3) is 4.22. The van der Waals surface area contributed by atoms with Crippen LogP contribution in [0.25, 0.3) is 22.2 Å². The number of nitrogens with zero attached hydrogens (tertiary/aromatic N) is 1. The van der Waals surface area contributed by atoms with Gasteiger partial charge in [-0.3, -0.25) is 9.59 Å². The zero-order valence-corrected chi connectivity index (χ0v) is 16.0. The molecule has 0 amide bonds. The molecule has 1 heterocycles. The lowest BCUT2D eigenvalue weighted by Crippen LogP contribution is -2.11. The Morgan fingerprint density at radius 1 is 0.862 bits per heavy atom. The van der Waals surface area contributed by atoms with E-state index >= 15 is 0 Å². The van der Waals surface area contributed by atoms with Crippen LogP contribution in [0.3, 0.4) is 0 Å². The van der Waals surface area contributed by atoms with Gasteiger partial charge in [-0.2, -0.15) is 0 Å². The highest BCUT2D eigenvalue weighted by Crippen LogP contribution is 2.30. The summed E-state index contributed by atoms with van der Waals surface area (Å²) in [5, 5.41) is 0.776. The first-order valence-electron chi connectivity index (χ1n) is 9.36. The molecule has 4 aromatic rings. The van der Waals surface area contributed by atoms with E-state index in [-0.39, 0.29) is 18.2 Å². The van der Waals surface area contributed by atoms with Gasteiger partial charge < -0.3 is 4.74 Å². The van der Waals surface area contributed by atoms with Gasteiger partial charge in [0.25, 0.3) is 0 Å². The minimum absolute atomic E-state index is 0.0125. The molecule has 0 N–H and O–H groups in total. The number of fused-ring (bicyclic) bond motifs is 1. The molecule has 142 valence electrons. The molecule has 0 atom stereocenters. The fraction of sp³-hybridized carbons (Fsp3) is 0.0800. The second kappa shape index (κ2) is 8.07. The summed E-state index contributed by atoms with van der Waals surface area (Å²) in [6.07, 6.45) is 0.195. The number of benzene rings is 3. The molecule has 4 rings (SSSR count). The van der Waals surface area contributed by atoms with Gasteiger partial charge >= 0.3 is 5.97 Å². The number of hydrogen-bond donors (Lipinski definition) is 0. The van der Waals surface area contributed by atoms with Crippen LogP contribution >= 0.6 is 0 Å². The molecule has 0 bridgehead atoms. The van der Waals surface area contributed by atoms with E-state index in [1.165, 1.54) is 6.92 Å². The van der Waals surface area contributed by atoms with Crippen LogP contribution in [0.5, 0.6) is 5.75 Å². The number of hydrogen-bond acceptors (Lipinski definition) is 4. The fourth-order valence-corrected chi connectivity index (χ4v) is 3.17. The van der Waals surface area contributed by atoms with Crippen molar-refractivity contribution in [1.29, 1.82) is 0 Å². The molecule has 0 aliphatic heterocycles. The summed E-state index contributed by atoms with van der Waals surface area (Å²) >= 11 is 0. The highest BCUT2D eigenvalue weighted by atomic mass is 16.5. The number of esters is 1. The molecule has 4 nitrogen and oxygen atoms in total. The van der Waals surface area contributed by atoms with Crippen molar-refractivity contribution in [3.8, 4) is 17.0 Å². The van der Waals surface area contributed by atoms with E-state index in [9.17, 15) is 9.59 Å². The van der Waals surface area contributed by atoms with Crippen molar-refractivity contribution in [1.82, 2.24) is 4.98 Å². The van der Waals surface area contributed by atoms with Gasteiger partial charge in [0.15, 0.2) is 5.78 Å². The second-order valence-corrected chi connectivity index (χ2v) is 6.79. The van der Waals surface area contributed by atoms with E-state index in [1.54, 1.807) is 18.2 Å². The Labute approximate surface area is 168 Å². The maximum absolute atomic E-state index is 12.5. The van der Waals surface area contributed by atoms with E-state index in [1.807, 2.05) is 66.7 Å². The van der Waals surface area contributed by atoms with E-state index in [4.69, 9.17) is 9.72 Å². The number of Topliss-reactive ketones (excluding diaryl/α,β-unsaturated/α-hetero) is 1. The van der Waals surface area contributed by atoms with Gasteiger partial charge in [0.2, 0.25) is 0 Å². The monoisotopic (exact) mass is 381 g/mol. The molecule has 0 spiro atoms. The first-order valence-corrected chi connectivity index (χ1v) is 9.36. The quantitative estimate of drug-likeness (QED) is 0.350. The summed E-state index contributed by atoms with van der Waals surface area (Å²) in [4.78, 5) is 28.7. The van der Waals surface area contributed by atoms with E-state index in [0.29, 0.717) is 17.0 Å². The van der Waals surface area contributed by atoms with Gasteiger partial charge in [0.1, 0.15) is 5.75 Å². The standard InChI is InChI=1S/C25H19NO3/c1-17(27)19-11-13-20(14-12-19)23-16-24(21-9-5-6-10-22(21)26-23)29-25(28)15-18-7-3-2-4-8-18/h2-14,16H,15H2,1H3. The number of para-hydroxylation sites is 1. The molecule has 4 heteroatoms. The first-order chi connectivity index (χ1) is 14.1. The lowest BCUT2D eigenvalue weighted by Gasteiger charge is -2.11. The average Bonchev–Trinajstić information content (AvgIpc) is 2.74. The Kier molecular flexibility index (Phi) is 5.16. The van der Waals surface area contributed by atoms with Crippen LogP contribution in [0.1, 0.15) is 22.8 Å². The van der Waals surface area contributed by atoms with E-state index < -0.39 is 0 Å².